The van der Waals surface area contributed by atoms with E-state index in [4.69, 9.17) is 4.74 Å². The van der Waals surface area contributed by atoms with Crippen molar-refractivity contribution in [3.63, 3.8) is 0 Å². The maximum Gasteiger partial charge on any atom is 0.305 e. The minimum Gasteiger partial charge on any atom is -0.466 e. The Bertz CT molecular complexity index is 1170. The molecule has 0 saturated heterocycles. The zero-order valence-electron chi connectivity index (χ0n) is 50.8. The summed E-state index contributed by atoms with van der Waals surface area (Å²) >= 11 is 0. The Balaban J connectivity index is 3.43. The molecule has 6 nitrogen and oxygen atoms in total. The maximum absolute atomic E-state index is 12.5. The van der Waals surface area contributed by atoms with Gasteiger partial charge in [0, 0.05) is 12.8 Å². The molecule has 0 bridgehead atoms. The maximum atomic E-state index is 12.5. The molecule has 0 aliphatic carbocycles. The van der Waals surface area contributed by atoms with Crippen molar-refractivity contribution in [3.05, 3.63) is 24.3 Å². The van der Waals surface area contributed by atoms with Crippen LogP contribution in [0.2, 0.25) is 0 Å². The van der Waals surface area contributed by atoms with Gasteiger partial charge >= 0.3 is 5.97 Å². The number of carbonyl (C=O) groups excluding carboxylic acids is 2. The smallest absolute Gasteiger partial charge is 0.305 e. The van der Waals surface area contributed by atoms with Gasteiger partial charge in [-0.25, -0.2) is 0 Å². The van der Waals surface area contributed by atoms with Crippen LogP contribution in [-0.4, -0.2) is 47.4 Å². The zero-order chi connectivity index (χ0) is 54.3. The van der Waals surface area contributed by atoms with Gasteiger partial charge in [-0.05, 0) is 57.8 Å². The van der Waals surface area contributed by atoms with Gasteiger partial charge in [0.15, 0.2) is 0 Å². The SMILES string of the molecule is CCCCCCCCCCCCCCCCCCCCCC/C=C/C(O)C(CO)NC(=O)CCCCCCCCCC/C=C\CCCCCCCCCCCCCCOC(=O)CCCCCCCCCCCCCC. The number of aliphatic hydroxyl groups excluding tert-OH is 2. The predicted molar refractivity (Wildman–Crippen MR) is 329 cm³/mol. The van der Waals surface area contributed by atoms with Crippen LogP contribution in [0.5, 0.6) is 0 Å². The van der Waals surface area contributed by atoms with Gasteiger partial charge in [-0.2, -0.15) is 0 Å². The number of ether oxygens (including phenoxy) is 1. The van der Waals surface area contributed by atoms with Crippen molar-refractivity contribution in [3.8, 4) is 0 Å². The first-order valence-electron chi connectivity index (χ1n) is 34.1. The second kappa shape index (κ2) is 64.9. The topological polar surface area (TPSA) is 95.9 Å². The van der Waals surface area contributed by atoms with Crippen LogP contribution in [0.25, 0.3) is 0 Å². The molecule has 0 saturated carbocycles. The first kappa shape index (κ1) is 73.3. The number of hydrogen-bond donors (Lipinski definition) is 3. The highest BCUT2D eigenvalue weighted by atomic mass is 16.5. The van der Waals surface area contributed by atoms with Crippen molar-refractivity contribution in [1.29, 1.82) is 0 Å². The lowest BCUT2D eigenvalue weighted by molar-refractivity contribution is -0.143. The van der Waals surface area contributed by atoms with Crippen LogP contribution in [0.3, 0.4) is 0 Å². The Morgan fingerprint density at radius 1 is 0.360 bits per heavy atom. The Morgan fingerprint density at radius 2 is 0.627 bits per heavy atom. The van der Waals surface area contributed by atoms with Gasteiger partial charge in [0.2, 0.25) is 5.91 Å². The lowest BCUT2D eigenvalue weighted by Crippen LogP contribution is -2.45. The number of nitrogens with one attached hydrogen (secondary N) is 1. The second-order valence-corrected chi connectivity index (χ2v) is 23.5. The summed E-state index contributed by atoms with van der Waals surface area (Å²) in [7, 11) is 0. The zero-order valence-corrected chi connectivity index (χ0v) is 50.8. The molecule has 0 spiro atoms. The van der Waals surface area contributed by atoms with Gasteiger partial charge in [-0.1, -0.05) is 334 Å². The van der Waals surface area contributed by atoms with Gasteiger partial charge < -0.3 is 20.3 Å². The molecule has 0 radical (unpaired) electrons. The van der Waals surface area contributed by atoms with Gasteiger partial charge in [-0.3, -0.25) is 9.59 Å². The Hall–Kier alpha value is -1.66. The van der Waals surface area contributed by atoms with Crippen LogP contribution >= 0.6 is 0 Å². The highest BCUT2D eigenvalue weighted by Gasteiger charge is 2.18. The van der Waals surface area contributed by atoms with E-state index in [1.165, 1.54) is 315 Å². The largest absolute Gasteiger partial charge is 0.466 e. The summed E-state index contributed by atoms with van der Waals surface area (Å²) in [5.41, 5.74) is 0. The van der Waals surface area contributed by atoms with Crippen molar-refractivity contribution in [2.24, 2.45) is 0 Å². The third-order valence-corrected chi connectivity index (χ3v) is 16.0. The standard InChI is InChI=1S/C69H133NO5/c1-3-5-7-9-11-13-15-17-18-19-20-21-26-29-32-35-38-41-45-49-53-57-61-67(72)66(65-71)70-68(73)62-58-54-50-46-42-39-36-33-30-27-24-22-23-25-28-31-34-37-40-44-48-52-56-60-64-75-69(74)63-59-55-51-47-43-16-14-12-10-8-6-4-2/h24,27,57,61,66-67,71-72H,3-23,25-26,28-56,58-60,62-65H2,1-2H3,(H,70,73)/b27-24-,61-57+. The number of carbonyl (C=O) groups is 2. The van der Waals surface area contributed by atoms with Crippen LogP contribution in [0.15, 0.2) is 24.3 Å². The number of aliphatic hydroxyl groups is 2. The quantitative estimate of drug-likeness (QED) is 0.0320. The molecule has 1 amide bonds. The van der Waals surface area contributed by atoms with E-state index in [0.717, 1.165) is 38.5 Å². The predicted octanol–water partition coefficient (Wildman–Crippen LogP) is 21.8. The number of rotatable bonds is 64. The summed E-state index contributed by atoms with van der Waals surface area (Å²) in [6, 6.07) is -0.632. The number of allylic oxidation sites excluding steroid dienone is 3. The Morgan fingerprint density at radius 3 is 0.947 bits per heavy atom. The third kappa shape index (κ3) is 61.4. The molecule has 0 rings (SSSR count). The molecule has 0 aromatic rings. The highest BCUT2D eigenvalue weighted by Crippen LogP contribution is 2.18. The number of unbranched alkanes of at least 4 members (excludes halogenated alkanes) is 51. The molecular weight excluding hydrogens is 923 g/mol. The molecule has 6 heteroatoms. The number of esters is 1. The summed E-state index contributed by atoms with van der Waals surface area (Å²) in [5.74, 6) is -0.0552. The molecule has 0 aromatic heterocycles. The fraction of sp³-hybridized carbons (Fsp3) is 0.913. The lowest BCUT2D eigenvalue weighted by atomic mass is 10.0. The average Bonchev–Trinajstić information content (AvgIpc) is 3.41. The van der Waals surface area contributed by atoms with Crippen molar-refractivity contribution >= 4 is 11.9 Å². The van der Waals surface area contributed by atoms with E-state index in [1.54, 1.807) is 6.08 Å². The number of amides is 1. The minimum atomic E-state index is -0.848. The number of hydrogen-bond acceptors (Lipinski definition) is 5. The third-order valence-electron chi connectivity index (χ3n) is 16.0. The summed E-state index contributed by atoms with van der Waals surface area (Å²) in [6.07, 6.45) is 81.0. The summed E-state index contributed by atoms with van der Waals surface area (Å²) in [6.45, 7) is 4.93. The molecular formula is C69H133NO5. The molecule has 75 heavy (non-hydrogen) atoms. The lowest BCUT2D eigenvalue weighted by Gasteiger charge is -2.20. The monoisotopic (exact) mass is 1060 g/mol. The molecule has 0 fully saturated rings. The Kier molecular flexibility index (Phi) is 63.4. The van der Waals surface area contributed by atoms with Crippen LogP contribution in [0.1, 0.15) is 380 Å². The molecule has 2 atom stereocenters. The first-order valence-corrected chi connectivity index (χ1v) is 34.1. The summed E-state index contributed by atoms with van der Waals surface area (Å²) in [5, 5.41) is 23.2. The van der Waals surface area contributed by atoms with Crippen molar-refractivity contribution in [1.82, 2.24) is 5.32 Å². The fourth-order valence-corrected chi connectivity index (χ4v) is 10.7. The van der Waals surface area contributed by atoms with Gasteiger partial charge in [0.1, 0.15) is 0 Å². The highest BCUT2D eigenvalue weighted by molar-refractivity contribution is 5.76. The van der Waals surface area contributed by atoms with Crippen LogP contribution < -0.4 is 5.32 Å². The summed E-state index contributed by atoms with van der Waals surface area (Å²) < 4.78 is 5.48. The molecule has 444 valence electrons. The van der Waals surface area contributed by atoms with E-state index in [-0.39, 0.29) is 18.5 Å². The van der Waals surface area contributed by atoms with Gasteiger partial charge in [0.25, 0.3) is 0 Å². The average molecular weight is 1060 g/mol. The van der Waals surface area contributed by atoms with E-state index in [0.29, 0.717) is 19.4 Å². The molecule has 0 aromatic carbocycles. The minimum absolute atomic E-state index is 0.0134. The van der Waals surface area contributed by atoms with E-state index >= 15 is 0 Å². The van der Waals surface area contributed by atoms with Crippen molar-refractivity contribution in [2.75, 3.05) is 13.2 Å². The first-order chi connectivity index (χ1) is 37.0. The normalized spacial score (nSPS) is 12.6. The molecule has 0 aliphatic heterocycles. The van der Waals surface area contributed by atoms with Crippen molar-refractivity contribution in [2.45, 2.75) is 392 Å². The Labute approximate surface area is 469 Å². The molecule has 3 N–H and O–H groups in total. The molecule has 2 unspecified atom stereocenters. The van der Waals surface area contributed by atoms with Crippen molar-refractivity contribution < 1.29 is 24.5 Å². The van der Waals surface area contributed by atoms with E-state index < -0.39 is 12.1 Å². The van der Waals surface area contributed by atoms with Crippen LogP contribution in [-0.2, 0) is 14.3 Å². The fourth-order valence-electron chi connectivity index (χ4n) is 10.7. The van der Waals surface area contributed by atoms with Crippen LogP contribution in [0, 0.1) is 0 Å². The van der Waals surface area contributed by atoms with E-state index in [9.17, 15) is 19.8 Å². The summed E-state index contributed by atoms with van der Waals surface area (Å²) in [4.78, 5) is 24.5. The van der Waals surface area contributed by atoms with E-state index in [1.807, 2.05) is 6.08 Å². The molecule has 0 heterocycles. The van der Waals surface area contributed by atoms with Gasteiger partial charge in [-0.15, -0.1) is 0 Å². The molecule has 0 aliphatic rings. The van der Waals surface area contributed by atoms with Crippen LogP contribution in [0.4, 0.5) is 0 Å². The second-order valence-electron chi connectivity index (χ2n) is 23.5. The van der Waals surface area contributed by atoms with E-state index in [2.05, 4.69) is 31.3 Å². The van der Waals surface area contributed by atoms with Gasteiger partial charge in [0.05, 0.1) is 25.4 Å².